The van der Waals surface area contributed by atoms with E-state index in [0.717, 1.165) is 19.5 Å². The fourth-order valence-corrected chi connectivity index (χ4v) is 3.36. The molecule has 0 spiro atoms. The van der Waals surface area contributed by atoms with Gasteiger partial charge in [-0.1, -0.05) is 19.1 Å². The quantitative estimate of drug-likeness (QED) is 0.248. The van der Waals surface area contributed by atoms with Crippen molar-refractivity contribution in [1.29, 1.82) is 0 Å². The lowest BCUT2D eigenvalue weighted by Gasteiger charge is -2.31. The molecule has 1 heterocycles. The van der Waals surface area contributed by atoms with Crippen LogP contribution in [0.15, 0.2) is 29.3 Å². The van der Waals surface area contributed by atoms with Gasteiger partial charge in [0.1, 0.15) is 5.75 Å². The number of aliphatic hydroxyl groups excluding tert-OH is 1. The maximum Gasteiger partial charge on any atom is 0.387 e. The molecule has 31 heavy (non-hydrogen) atoms. The van der Waals surface area contributed by atoms with Gasteiger partial charge in [-0.15, -0.1) is 24.0 Å². The Morgan fingerprint density at radius 2 is 2.03 bits per heavy atom. The van der Waals surface area contributed by atoms with E-state index in [1.54, 1.807) is 0 Å². The van der Waals surface area contributed by atoms with E-state index < -0.39 is 12.7 Å². The molecular weight excluding hydrogens is 521 g/mol. The number of carbonyl (C=O) groups excluding carboxylic acids is 1. The Hall–Kier alpha value is -1.69. The number of aliphatic imine (C=N–C) groups is 1. The van der Waals surface area contributed by atoms with Crippen LogP contribution in [0.5, 0.6) is 5.75 Å². The van der Waals surface area contributed by atoms with Crippen LogP contribution in [0.3, 0.4) is 0 Å². The van der Waals surface area contributed by atoms with Crippen LogP contribution in [0.1, 0.15) is 44.8 Å². The number of benzene rings is 1. The summed E-state index contributed by atoms with van der Waals surface area (Å²) in [5, 5.41) is 16.5. The zero-order chi connectivity index (χ0) is 21.9. The number of hydrogen-bond donors (Lipinski definition) is 3. The number of ether oxygens (including phenoxy) is 1. The monoisotopic (exact) mass is 554 g/mol. The molecular formula is C21H33F2IN4O3. The van der Waals surface area contributed by atoms with Crippen molar-refractivity contribution in [2.75, 3.05) is 32.7 Å². The van der Waals surface area contributed by atoms with Gasteiger partial charge in [0, 0.05) is 32.6 Å². The highest BCUT2D eigenvalue weighted by Gasteiger charge is 2.20. The highest BCUT2D eigenvalue weighted by Crippen LogP contribution is 2.19. The van der Waals surface area contributed by atoms with Crippen LogP contribution in [-0.2, 0) is 4.79 Å². The van der Waals surface area contributed by atoms with E-state index in [9.17, 15) is 18.7 Å². The normalized spacial score (nSPS) is 17.7. The molecule has 1 aliphatic rings. The van der Waals surface area contributed by atoms with Crippen LogP contribution in [0.25, 0.3) is 0 Å². The van der Waals surface area contributed by atoms with E-state index in [2.05, 4.69) is 27.3 Å². The molecule has 0 radical (unpaired) electrons. The molecule has 1 fully saturated rings. The Morgan fingerprint density at radius 3 is 2.65 bits per heavy atom. The van der Waals surface area contributed by atoms with Gasteiger partial charge in [-0.3, -0.25) is 9.79 Å². The van der Waals surface area contributed by atoms with Crippen molar-refractivity contribution < 1.29 is 23.4 Å². The molecule has 1 aliphatic heterocycles. The number of nitrogens with one attached hydrogen (secondary N) is 2. The van der Waals surface area contributed by atoms with Gasteiger partial charge < -0.3 is 25.4 Å². The van der Waals surface area contributed by atoms with Gasteiger partial charge in [0.15, 0.2) is 5.96 Å². The molecule has 2 atom stereocenters. The first-order chi connectivity index (χ1) is 14.4. The topological polar surface area (TPSA) is 86.2 Å². The molecule has 0 saturated carbocycles. The van der Waals surface area contributed by atoms with Gasteiger partial charge in [0.25, 0.3) is 0 Å². The van der Waals surface area contributed by atoms with Crippen molar-refractivity contribution in [2.24, 2.45) is 10.9 Å². The first-order valence-corrected chi connectivity index (χ1v) is 10.4. The number of halogens is 3. The highest BCUT2D eigenvalue weighted by atomic mass is 127. The van der Waals surface area contributed by atoms with E-state index in [0.29, 0.717) is 37.0 Å². The summed E-state index contributed by atoms with van der Waals surface area (Å²) in [7, 11) is 0. The average Bonchev–Trinajstić information content (AvgIpc) is 2.71. The Kier molecular flexibility index (Phi) is 12.7. The minimum absolute atomic E-state index is 0. The van der Waals surface area contributed by atoms with Gasteiger partial charge in [0.05, 0.1) is 12.6 Å². The van der Waals surface area contributed by atoms with E-state index in [1.807, 2.05) is 11.8 Å². The molecule has 1 saturated heterocycles. The predicted octanol–water partition coefficient (Wildman–Crippen LogP) is 3.14. The number of amides is 1. The molecule has 3 N–H and O–H groups in total. The largest absolute Gasteiger partial charge is 0.435 e. The fraction of sp³-hybridized carbons (Fsp3) is 0.619. The molecule has 0 bridgehead atoms. The van der Waals surface area contributed by atoms with Crippen LogP contribution >= 0.6 is 24.0 Å². The summed E-state index contributed by atoms with van der Waals surface area (Å²) in [5.74, 6) is 1.23. The second-order valence-corrected chi connectivity index (χ2v) is 7.45. The molecule has 7 nitrogen and oxygen atoms in total. The molecule has 1 aromatic rings. The minimum Gasteiger partial charge on any atom is -0.435 e. The van der Waals surface area contributed by atoms with E-state index >= 15 is 0 Å². The number of alkyl halides is 2. The summed E-state index contributed by atoms with van der Waals surface area (Å²) in [5.41, 5.74) is 0.547. The Morgan fingerprint density at radius 1 is 1.32 bits per heavy atom. The van der Waals surface area contributed by atoms with Crippen LogP contribution in [-0.4, -0.2) is 61.2 Å². The van der Waals surface area contributed by atoms with Gasteiger partial charge in [0.2, 0.25) is 5.91 Å². The zero-order valence-electron chi connectivity index (χ0n) is 18.0. The van der Waals surface area contributed by atoms with Gasteiger partial charge >= 0.3 is 6.61 Å². The third-order valence-corrected chi connectivity index (χ3v) is 4.90. The smallest absolute Gasteiger partial charge is 0.387 e. The summed E-state index contributed by atoms with van der Waals surface area (Å²) >= 11 is 0. The lowest BCUT2D eigenvalue weighted by molar-refractivity contribution is -0.132. The number of likely N-dealkylation sites (tertiary alicyclic amines) is 1. The van der Waals surface area contributed by atoms with E-state index in [1.165, 1.54) is 30.7 Å². The summed E-state index contributed by atoms with van der Waals surface area (Å²) in [4.78, 5) is 18.6. The molecule has 2 unspecified atom stereocenters. The number of rotatable bonds is 9. The summed E-state index contributed by atoms with van der Waals surface area (Å²) in [6.45, 7) is 4.02. The van der Waals surface area contributed by atoms with Crippen LogP contribution < -0.4 is 15.4 Å². The average molecular weight is 554 g/mol. The van der Waals surface area contributed by atoms with Gasteiger partial charge in [-0.2, -0.15) is 8.78 Å². The van der Waals surface area contributed by atoms with Crippen molar-refractivity contribution in [3.8, 4) is 5.75 Å². The minimum atomic E-state index is -2.88. The van der Waals surface area contributed by atoms with E-state index in [4.69, 9.17) is 0 Å². The molecule has 176 valence electrons. The van der Waals surface area contributed by atoms with Crippen molar-refractivity contribution in [3.05, 3.63) is 29.8 Å². The number of piperidine rings is 1. The molecule has 1 aromatic carbocycles. The number of guanidine groups is 1. The Bertz CT molecular complexity index is 692. The maximum absolute atomic E-state index is 12.4. The Balaban J connectivity index is 0.00000480. The molecule has 1 amide bonds. The van der Waals surface area contributed by atoms with Crippen molar-refractivity contribution in [3.63, 3.8) is 0 Å². The number of carbonyl (C=O) groups is 1. The van der Waals surface area contributed by atoms with E-state index in [-0.39, 0.29) is 42.2 Å². The number of nitrogens with zero attached hydrogens (tertiary/aromatic N) is 2. The number of hydrogen-bond acceptors (Lipinski definition) is 4. The van der Waals surface area contributed by atoms with Crippen molar-refractivity contribution in [2.45, 2.75) is 45.8 Å². The standard InChI is InChI=1S/C21H32F2N4O3.HI/c1-3-24-21(25-11-10-19(29)27-12-4-5-15(2)14-27)26-13-18(28)16-6-8-17(9-7-16)30-20(22)23;/h6-9,15,18,20,28H,3-5,10-14H2,1-2H3,(H2,24,25,26);1H. The summed E-state index contributed by atoms with van der Waals surface area (Å²) < 4.78 is 28.7. The molecule has 0 aromatic heterocycles. The van der Waals surface area contributed by atoms with Crippen LogP contribution in [0.2, 0.25) is 0 Å². The summed E-state index contributed by atoms with van der Waals surface area (Å²) in [6, 6.07) is 5.81. The maximum atomic E-state index is 12.4. The molecule has 0 aliphatic carbocycles. The molecule has 10 heteroatoms. The Labute approximate surface area is 199 Å². The summed E-state index contributed by atoms with van der Waals surface area (Å²) in [6.07, 6.45) is 1.71. The second kappa shape index (κ2) is 14.4. The second-order valence-electron chi connectivity index (χ2n) is 7.45. The lowest BCUT2D eigenvalue weighted by Crippen LogP contribution is -2.42. The fourth-order valence-electron chi connectivity index (χ4n) is 3.36. The van der Waals surface area contributed by atoms with Gasteiger partial charge in [-0.05, 0) is 43.4 Å². The van der Waals surface area contributed by atoms with Crippen molar-refractivity contribution in [1.82, 2.24) is 15.5 Å². The van der Waals surface area contributed by atoms with Crippen LogP contribution in [0.4, 0.5) is 8.78 Å². The molecule has 2 rings (SSSR count). The van der Waals surface area contributed by atoms with Gasteiger partial charge in [-0.25, -0.2) is 0 Å². The first-order valence-electron chi connectivity index (χ1n) is 10.4. The first kappa shape index (κ1) is 27.3. The third kappa shape index (κ3) is 9.98. The third-order valence-electron chi connectivity index (χ3n) is 4.90. The lowest BCUT2D eigenvalue weighted by atomic mass is 10.00. The van der Waals surface area contributed by atoms with Crippen LogP contribution in [0, 0.1) is 5.92 Å². The van der Waals surface area contributed by atoms with Crippen molar-refractivity contribution >= 4 is 35.8 Å². The predicted molar refractivity (Wildman–Crippen MR) is 127 cm³/mol. The highest BCUT2D eigenvalue weighted by molar-refractivity contribution is 14.0. The SMILES string of the molecule is CCNC(=NCC(O)c1ccc(OC(F)F)cc1)NCCC(=O)N1CCCC(C)C1.I. The zero-order valence-corrected chi connectivity index (χ0v) is 20.4. The number of aliphatic hydroxyl groups is 1.